The van der Waals surface area contributed by atoms with Gasteiger partial charge in [-0.2, -0.15) is 0 Å². The first-order valence-corrected chi connectivity index (χ1v) is 5.95. The molecule has 0 aromatic carbocycles. The summed E-state index contributed by atoms with van der Waals surface area (Å²) in [4.78, 5) is 0. The van der Waals surface area contributed by atoms with E-state index in [1.54, 1.807) is 0 Å². The molecule has 1 rings (SSSR count). The molecular formula is C12H26N2. The van der Waals surface area contributed by atoms with Gasteiger partial charge in [-0.25, -0.2) is 0 Å². The maximum absolute atomic E-state index is 3.72. The molecule has 1 aliphatic rings. The Morgan fingerprint density at radius 2 is 1.86 bits per heavy atom. The largest absolute Gasteiger partial charge is 0.300 e. The van der Waals surface area contributed by atoms with Gasteiger partial charge in [0.2, 0.25) is 0 Å². The predicted octanol–water partition coefficient (Wildman–Crippen LogP) is 2.50. The molecular weight excluding hydrogens is 172 g/mol. The first-order chi connectivity index (χ1) is 6.41. The lowest BCUT2D eigenvalue weighted by molar-refractivity contribution is 0.0896. The van der Waals surface area contributed by atoms with Crippen molar-refractivity contribution in [2.45, 2.75) is 65.1 Å². The van der Waals surface area contributed by atoms with Gasteiger partial charge in [0.05, 0.1) is 5.66 Å². The van der Waals surface area contributed by atoms with E-state index < -0.39 is 0 Å². The summed E-state index contributed by atoms with van der Waals surface area (Å²) in [6, 6.07) is 0. The van der Waals surface area contributed by atoms with E-state index in [4.69, 9.17) is 0 Å². The normalized spacial score (nSPS) is 37.1. The third-order valence-electron chi connectivity index (χ3n) is 3.25. The molecule has 0 aliphatic carbocycles. The van der Waals surface area contributed by atoms with Crippen LogP contribution in [-0.4, -0.2) is 17.7 Å². The van der Waals surface area contributed by atoms with Crippen LogP contribution in [0.15, 0.2) is 0 Å². The molecule has 0 radical (unpaired) electrons. The molecule has 0 saturated carbocycles. The standard InChI is InChI=1S/C12H26N2/c1-6-10-8-11(3,4)14-12(5,9-10)13-7-2/h10,13-14H,6-9H2,1-5H3. The summed E-state index contributed by atoms with van der Waals surface area (Å²) in [7, 11) is 0. The van der Waals surface area contributed by atoms with Crippen molar-refractivity contribution < 1.29 is 0 Å². The van der Waals surface area contributed by atoms with Crippen LogP contribution in [0.25, 0.3) is 0 Å². The van der Waals surface area contributed by atoms with Gasteiger partial charge < -0.3 is 0 Å². The first-order valence-electron chi connectivity index (χ1n) is 5.95. The highest BCUT2D eigenvalue weighted by atomic mass is 15.2. The Kier molecular flexibility index (Phi) is 3.59. The Morgan fingerprint density at radius 1 is 1.21 bits per heavy atom. The zero-order chi connectivity index (χ0) is 10.8. The second kappa shape index (κ2) is 4.19. The maximum Gasteiger partial charge on any atom is 0.0664 e. The molecule has 0 spiro atoms. The van der Waals surface area contributed by atoms with Gasteiger partial charge in [0.15, 0.2) is 0 Å². The lowest BCUT2D eigenvalue weighted by atomic mass is 9.77. The summed E-state index contributed by atoms with van der Waals surface area (Å²) in [5.41, 5.74) is 0.410. The van der Waals surface area contributed by atoms with E-state index in [2.05, 4.69) is 45.3 Å². The summed E-state index contributed by atoms with van der Waals surface area (Å²) >= 11 is 0. The van der Waals surface area contributed by atoms with Crippen molar-refractivity contribution in [3.8, 4) is 0 Å². The van der Waals surface area contributed by atoms with Gasteiger partial charge in [-0.15, -0.1) is 0 Å². The summed E-state index contributed by atoms with van der Waals surface area (Å²) in [5, 5.41) is 7.29. The SMILES string of the molecule is CCNC1(C)CC(CC)CC(C)(C)N1. The molecule has 2 atom stereocenters. The van der Waals surface area contributed by atoms with Crippen molar-refractivity contribution in [3.63, 3.8) is 0 Å². The fourth-order valence-electron chi connectivity index (χ4n) is 3.02. The van der Waals surface area contributed by atoms with Crippen LogP contribution in [-0.2, 0) is 0 Å². The van der Waals surface area contributed by atoms with Crippen molar-refractivity contribution in [3.05, 3.63) is 0 Å². The van der Waals surface area contributed by atoms with Crippen LogP contribution in [0.1, 0.15) is 53.9 Å². The van der Waals surface area contributed by atoms with Gasteiger partial charge in [-0.05, 0) is 46.1 Å². The predicted molar refractivity (Wildman–Crippen MR) is 62.3 cm³/mol. The van der Waals surface area contributed by atoms with Crippen LogP contribution in [0.2, 0.25) is 0 Å². The molecule has 0 aromatic heterocycles. The summed E-state index contributed by atoms with van der Waals surface area (Å²) in [5.74, 6) is 0.857. The highest BCUT2D eigenvalue weighted by molar-refractivity contribution is 4.97. The summed E-state index contributed by atoms with van der Waals surface area (Å²) in [6.45, 7) is 12.4. The molecule has 0 amide bonds. The highest BCUT2D eigenvalue weighted by Crippen LogP contribution is 2.33. The molecule has 1 fully saturated rings. The minimum Gasteiger partial charge on any atom is -0.300 e. The molecule has 84 valence electrons. The number of hydrogen-bond donors (Lipinski definition) is 2. The van der Waals surface area contributed by atoms with Gasteiger partial charge in [0.1, 0.15) is 0 Å². The minimum atomic E-state index is 0.136. The number of hydrogen-bond acceptors (Lipinski definition) is 2. The topological polar surface area (TPSA) is 24.1 Å². The van der Waals surface area contributed by atoms with Gasteiger partial charge >= 0.3 is 0 Å². The number of nitrogens with one attached hydrogen (secondary N) is 2. The quantitative estimate of drug-likeness (QED) is 0.728. The Hall–Kier alpha value is -0.0800. The summed E-state index contributed by atoms with van der Waals surface area (Å²) < 4.78 is 0. The Labute approximate surface area is 88.8 Å². The van der Waals surface area contributed by atoms with E-state index in [1.807, 2.05) is 0 Å². The van der Waals surface area contributed by atoms with Crippen molar-refractivity contribution in [2.24, 2.45) is 5.92 Å². The second-order valence-electron chi connectivity index (χ2n) is 5.55. The van der Waals surface area contributed by atoms with Crippen LogP contribution < -0.4 is 10.6 Å². The van der Waals surface area contributed by atoms with Crippen molar-refractivity contribution >= 4 is 0 Å². The van der Waals surface area contributed by atoms with E-state index in [-0.39, 0.29) is 11.2 Å². The zero-order valence-electron chi connectivity index (χ0n) is 10.4. The van der Waals surface area contributed by atoms with Crippen LogP contribution in [0.4, 0.5) is 0 Å². The van der Waals surface area contributed by atoms with Gasteiger partial charge in [0.25, 0.3) is 0 Å². The molecule has 1 aliphatic heterocycles. The Bertz CT molecular complexity index is 189. The summed E-state index contributed by atoms with van der Waals surface area (Å²) in [6.07, 6.45) is 3.84. The molecule has 2 nitrogen and oxygen atoms in total. The molecule has 1 heterocycles. The van der Waals surface area contributed by atoms with Gasteiger partial charge in [0, 0.05) is 5.54 Å². The zero-order valence-corrected chi connectivity index (χ0v) is 10.4. The lowest BCUT2D eigenvalue weighted by Gasteiger charge is -2.48. The minimum absolute atomic E-state index is 0.136. The first kappa shape index (κ1) is 12.0. The number of piperidine rings is 1. The van der Waals surface area contributed by atoms with Crippen molar-refractivity contribution in [1.29, 1.82) is 0 Å². The molecule has 14 heavy (non-hydrogen) atoms. The Morgan fingerprint density at radius 3 is 2.36 bits per heavy atom. The van der Waals surface area contributed by atoms with Crippen LogP contribution in [0.5, 0.6) is 0 Å². The third kappa shape index (κ3) is 2.96. The van der Waals surface area contributed by atoms with Gasteiger partial charge in [-0.3, -0.25) is 10.6 Å². The van der Waals surface area contributed by atoms with Crippen LogP contribution in [0, 0.1) is 5.92 Å². The van der Waals surface area contributed by atoms with Crippen LogP contribution >= 0.6 is 0 Å². The molecule has 2 N–H and O–H groups in total. The van der Waals surface area contributed by atoms with E-state index in [0.29, 0.717) is 0 Å². The van der Waals surface area contributed by atoms with E-state index in [9.17, 15) is 0 Å². The van der Waals surface area contributed by atoms with E-state index in [1.165, 1.54) is 19.3 Å². The molecule has 2 unspecified atom stereocenters. The van der Waals surface area contributed by atoms with Crippen molar-refractivity contribution in [2.75, 3.05) is 6.54 Å². The third-order valence-corrected chi connectivity index (χ3v) is 3.25. The average Bonchev–Trinajstić information content (AvgIpc) is 2.00. The smallest absolute Gasteiger partial charge is 0.0664 e. The van der Waals surface area contributed by atoms with E-state index >= 15 is 0 Å². The van der Waals surface area contributed by atoms with Crippen molar-refractivity contribution in [1.82, 2.24) is 10.6 Å². The highest BCUT2D eigenvalue weighted by Gasteiger charge is 2.38. The van der Waals surface area contributed by atoms with Gasteiger partial charge in [-0.1, -0.05) is 20.3 Å². The molecule has 2 heteroatoms. The molecule has 0 aromatic rings. The molecule has 0 bridgehead atoms. The Balaban J connectivity index is 2.69. The number of rotatable bonds is 3. The average molecular weight is 198 g/mol. The fourth-order valence-corrected chi connectivity index (χ4v) is 3.02. The maximum atomic E-state index is 3.72. The monoisotopic (exact) mass is 198 g/mol. The molecule has 1 saturated heterocycles. The van der Waals surface area contributed by atoms with E-state index in [0.717, 1.165) is 12.5 Å². The second-order valence-corrected chi connectivity index (χ2v) is 5.55. The fraction of sp³-hybridized carbons (Fsp3) is 1.00. The lowest BCUT2D eigenvalue weighted by Crippen LogP contribution is -2.65. The van der Waals surface area contributed by atoms with Crippen LogP contribution in [0.3, 0.4) is 0 Å².